The Labute approximate surface area is 163 Å². The van der Waals surface area contributed by atoms with Crippen LogP contribution in [0.5, 0.6) is 0 Å². The van der Waals surface area contributed by atoms with Gasteiger partial charge in [0.05, 0.1) is 31.1 Å². The molecule has 1 amide bonds. The molecular formula is C19H28N2O5S. The number of thiophene rings is 1. The van der Waals surface area contributed by atoms with Gasteiger partial charge in [-0.15, -0.1) is 11.3 Å². The van der Waals surface area contributed by atoms with E-state index in [1.165, 1.54) is 11.3 Å². The Morgan fingerprint density at radius 2 is 1.96 bits per heavy atom. The first-order valence-electron chi connectivity index (χ1n) is 9.49. The fourth-order valence-electron chi connectivity index (χ4n) is 3.15. The van der Waals surface area contributed by atoms with Crippen molar-refractivity contribution in [3.05, 3.63) is 16.0 Å². The van der Waals surface area contributed by atoms with Crippen molar-refractivity contribution in [2.75, 3.05) is 18.5 Å². The van der Waals surface area contributed by atoms with Crippen LogP contribution in [0.15, 0.2) is 0 Å². The third-order valence-corrected chi connectivity index (χ3v) is 5.71. The highest BCUT2D eigenvalue weighted by atomic mass is 32.1. The summed E-state index contributed by atoms with van der Waals surface area (Å²) < 4.78 is 5.16. The minimum Gasteiger partial charge on any atom is -0.544 e. The molecule has 0 radical (unpaired) electrons. The first-order valence-corrected chi connectivity index (χ1v) is 10.3. The number of hydrogen-bond acceptors (Lipinski definition) is 6. The van der Waals surface area contributed by atoms with E-state index in [1.807, 2.05) is 13.8 Å². The summed E-state index contributed by atoms with van der Waals surface area (Å²) in [6, 6.07) is -0.951. The van der Waals surface area contributed by atoms with Crippen LogP contribution in [0.1, 0.15) is 60.8 Å². The van der Waals surface area contributed by atoms with E-state index in [2.05, 4.69) is 5.32 Å². The molecule has 150 valence electrons. The lowest BCUT2D eigenvalue weighted by atomic mass is 9.95. The third kappa shape index (κ3) is 5.77. The number of carboxylic acid groups (broad SMARTS) is 1. The molecule has 1 atom stereocenters. The van der Waals surface area contributed by atoms with Gasteiger partial charge in [-0.2, -0.15) is 0 Å². The van der Waals surface area contributed by atoms with Crippen LogP contribution in [0.25, 0.3) is 0 Å². The number of rotatable bonds is 9. The van der Waals surface area contributed by atoms with Crippen LogP contribution in [-0.2, 0) is 27.2 Å². The number of carboxylic acids is 1. The number of esters is 1. The second kappa shape index (κ2) is 9.85. The fourth-order valence-corrected chi connectivity index (χ4v) is 4.44. The molecule has 0 unspecified atom stereocenters. The molecule has 0 aliphatic heterocycles. The van der Waals surface area contributed by atoms with E-state index in [-0.39, 0.29) is 13.0 Å². The number of carbonyl (C=O) groups is 3. The molecule has 0 fully saturated rings. The van der Waals surface area contributed by atoms with Gasteiger partial charge in [-0.05, 0) is 38.2 Å². The predicted molar refractivity (Wildman–Crippen MR) is 101 cm³/mol. The van der Waals surface area contributed by atoms with Gasteiger partial charge in [-0.25, -0.2) is 4.79 Å². The minimum absolute atomic E-state index is 0.208. The third-order valence-electron chi connectivity index (χ3n) is 4.50. The van der Waals surface area contributed by atoms with Crippen molar-refractivity contribution < 1.29 is 29.5 Å². The van der Waals surface area contributed by atoms with Gasteiger partial charge in [0.15, 0.2) is 0 Å². The zero-order valence-corrected chi connectivity index (χ0v) is 16.9. The molecule has 7 nitrogen and oxygen atoms in total. The van der Waals surface area contributed by atoms with Crippen molar-refractivity contribution in [2.24, 2.45) is 5.92 Å². The van der Waals surface area contributed by atoms with Crippen molar-refractivity contribution in [3.63, 3.8) is 0 Å². The number of quaternary nitrogens is 1. The molecule has 1 aromatic rings. The van der Waals surface area contributed by atoms with Crippen molar-refractivity contribution in [1.29, 1.82) is 0 Å². The van der Waals surface area contributed by atoms with E-state index in [0.29, 0.717) is 23.0 Å². The Morgan fingerprint density at radius 1 is 1.26 bits per heavy atom. The second-order valence-electron chi connectivity index (χ2n) is 7.18. The smallest absolute Gasteiger partial charge is 0.341 e. The quantitative estimate of drug-likeness (QED) is 0.589. The standard InChI is InChI=1S/C19H28N2O5S/c1-4-26-19(25)16-12-7-5-6-8-14(12)27-17(16)21-15(22)9-13(18(23)24)20-10-11(2)3/h11,13,20H,4-10H2,1-3H3,(H,21,22)(H,23,24)/t13-/m0/s1. The summed E-state index contributed by atoms with van der Waals surface area (Å²) >= 11 is 1.39. The largest absolute Gasteiger partial charge is 0.544 e. The summed E-state index contributed by atoms with van der Waals surface area (Å²) in [5.41, 5.74) is 1.39. The summed E-state index contributed by atoms with van der Waals surface area (Å²) in [5.74, 6) is -1.83. The second-order valence-corrected chi connectivity index (χ2v) is 8.28. The summed E-state index contributed by atoms with van der Waals surface area (Å²) in [6.07, 6.45) is 3.52. The van der Waals surface area contributed by atoms with Crippen LogP contribution in [-0.4, -0.2) is 37.0 Å². The highest BCUT2D eigenvalue weighted by molar-refractivity contribution is 7.17. The number of nitrogens with two attached hydrogens (primary N) is 1. The van der Waals surface area contributed by atoms with E-state index in [4.69, 9.17) is 4.74 Å². The van der Waals surface area contributed by atoms with E-state index in [1.54, 1.807) is 12.2 Å². The van der Waals surface area contributed by atoms with Gasteiger partial charge in [-0.1, -0.05) is 13.8 Å². The molecule has 0 aromatic carbocycles. The van der Waals surface area contributed by atoms with E-state index in [9.17, 15) is 19.5 Å². The summed E-state index contributed by atoms with van der Waals surface area (Å²) in [7, 11) is 0. The van der Waals surface area contributed by atoms with Crippen LogP contribution in [0.4, 0.5) is 5.00 Å². The first-order chi connectivity index (χ1) is 12.8. The molecule has 0 saturated heterocycles. The molecule has 8 heteroatoms. The lowest BCUT2D eigenvalue weighted by molar-refractivity contribution is -0.686. The average molecular weight is 397 g/mol. The lowest BCUT2D eigenvalue weighted by Gasteiger charge is -2.17. The van der Waals surface area contributed by atoms with E-state index in [0.717, 1.165) is 36.1 Å². The van der Waals surface area contributed by atoms with Gasteiger partial charge in [-0.3, -0.25) is 4.79 Å². The molecule has 1 aromatic heterocycles. The van der Waals surface area contributed by atoms with Crippen LogP contribution < -0.4 is 15.7 Å². The SMILES string of the molecule is CCOC(=O)c1c(NC(=O)C[C@H]([NH2+]CC(C)C)C(=O)[O-])sc2c1CCCC2. The van der Waals surface area contributed by atoms with Crippen molar-refractivity contribution >= 4 is 34.2 Å². The van der Waals surface area contributed by atoms with Crippen LogP contribution in [0, 0.1) is 5.92 Å². The number of ether oxygens (including phenoxy) is 1. The monoisotopic (exact) mass is 396 g/mol. The number of aryl methyl sites for hydroxylation is 1. The highest BCUT2D eigenvalue weighted by Gasteiger charge is 2.28. The van der Waals surface area contributed by atoms with Gasteiger partial charge in [0.25, 0.3) is 0 Å². The first kappa shape index (κ1) is 21.4. The number of fused-ring (bicyclic) bond motifs is 1. The molecule has 1 aliphatic carbocycles. The zero-order valence-electron chi connectivity index (χ0n) is 16.1. The van der Waals surface area contributed by atoms with Crippen LogP contribution in [0.3, 0.4) is 0 Å². The van der Waals surface area contributed by atoms with E-state index >= 15 is 0 Å². The highest BCUT2D eigenvalue weighted by Crippen LogP contribution is 2.38. The van der Waals surface area contributed by atoms with Crippen molar-refractivity contribution in [3.8, 4) is 0 Å². The summed E-state index contributed by atoms with van der Waals surface area (Å²) in [6.45, 7) is 6.54. The maximum Gasteiger partial charge on any atom is 0.341 e. The van der Waals surface area contributed by atoms with Crippen molar-refractivity contribution in [1.82, 2.24) is 0 Å². The van der Waals surface area contributed by atoms with Crippen LogP contribution >= 0.6 is 11.3 Å². The van der Waals surface area contributed by atoms with Crippen molar-refractivity contribution in [2.45, 2.75) is 58.9 Å². The Kier molecular flexibility index (Phi) is 7.79. The van der Waals surface area contributed by atoms with Crippen LogP contribution in [0.2, 0.25) is 0 Å². The zero-order chi connectivity index (χ0) is 20.0. The summed E-state index contributed by atoms with van der Waals surface area (Å²) in [5, 5.41) is 16.2. The average Bonchev–Trinajstić information content (AvgIpc) is 2.96. The molecule has 1 heterocycles. The predicted octanol–water partition coefficient (Wildman–Crippen LogP) is 0.470. The molecule has 0 bridgehead atoms. The number of nitrogens with one attached hydrogen (secondary N) is 1. The Morgan fingerprint density at radius 3 is 2.59 bits per heavy atom. The maximum absolute atomic E-state index is 12.4. The number of aliphatic carboxylic acids is 1. The lowest BCUT2D eigenvalue weighted by Crippen LogP contribution is -2.94. The maximum atomic E-state index is 12.4. The minimum atomic E-state index is -1.26. The molecule has 27 heavy (non-hydrogen) atoms. The molecule has 0 saturated carbocycles. The van der Waals surface area contributed by atoms with Gasteiger partial charge < -0.3 is 25.3 Å². The number of carbonyl (C=O) groups excluding carboxylic acids is 3. The Bertz CT molecular complexity index is 699. The molecule has 2 rings (SSSR count). The Hall–Kier alpha value is -1.93. The van der Waals surface area contributed by atoms with Gasteiger partial charge >= 0.3 is 5.97 Å². The Balaban J connectivity index is 2.15. The molecule has 0 spiro atoms. The summed E-state index contributed by atoms with van der Waals surface area (Å²) in [4.78, 5) is 37.3. The van der Waals surface area contributed by atoms with E-state index < -0.39 is 23.9 Å². The fraction of sp³-hybridized carbons (Fsp3) is 0.632. The van der Waals surface area contributed by atoms with Gasteiger partial charge in [0.2, 0.25) is 5.91 Å². The number of hydrogen-bond donors (Lipinski definition) is 2. The number of amides is 1. The molecular weight excluding hydrogens is 368 g/mol. The number of anilines is 1. The van der Waals surface area contributed by atoms with Gasteiger partial charge in [0, 0.05) is 10.8 Å². The van der Waals surface area contributed by atoms with Gasteiger partial charge in [0.1, 0.15) is 11.0 Å². The topological polar surface area (TPSA) is 112 Å². The normalized spacial score (nSPS) is 14.5. The molecule has 1 aliphatic rings. The molecule has 3 N–H and O–H groups in total.